The van der Waals surface area contributed by atoms with E-state index < -0.39 is 0 Å². The second-order valence-corrected chi connectivity index (χ2v) is 7.48. The number of benzene rings is 1. The number of carbonyl (C=O) groups is 2. The zero-order chi connectivity index (χ0) is 18.1. The molecule has 7 nitrogen and oxygen atoms in total. The van der Waals surface area contributed by atoms with Crippen molar-refractivity contribution in [1.82, 2.24) is 9.78 Å². The van der Waals surface area contributed by atoms with Gasteiger partial charge in [-0.3, -0.25) is 14.3 Å². The van der Waals surface area contributed by atoms with Crippen LogP contribution in [0.3, 0.4) is 0 Å². The van der Waals surface area contributed by atoms with E-state index in [-0.39, 0.29) is 11.8 Å². The molecule has 0 radical (unpaired) electrons. The quantitative estimate of drug-likeness (QED) is 0.865. The Balaban J connectivity index is 1.50. The van der Waals surface area contributed by atoms with E-state index in [1.807, 2.05) is 19.2 Å². The van der Waals surface area contributed by atoms with Gasteiger partial charge in [0.2, 0.25) is 5.91 Å². The minimum atomic E-state index is -0.223. The number of aromatic nitrogens is 2. The molecule has 4 rings (SSSR count). The van der Waals surface area contributed by atoms with Gasteiger partial charge in [0.05, 0.1) is 17.1 Å². The van der Waals surface area contributed by atoms with Crippen LogP contribution in [0.5, 0.6) is 0 Å². The molecule has 1 saturated heterocycles. The van der Waals surface area contributed by atoms with Gasteiger partial charge >= 0.3 is 0 Å². The van der Waals surface area contributed by atoms with Crippen molar-refractivity contribution < 1.29 is 14.3 Å². The summed E-state index contributed by atoms with van der Waals surface area (Å²) in [6.07, 6.45) is 1.90. The number of amides is 2. The summed E-state index contributed by atoms with van der Waals surface area (Å²) in [5.74, 6) is 1.17. The number of ether oxygens (including phenoxy) is 1. The van der Waals surface area contributed by atoms with Crippen LogP contribution in [0.25, 0.3) is 0 Å². The number of fused-ring (bicyclic) bond motifs is 1. The summed E-state index contributed by atoms with van der Waals surface area (Å²) in [5, 5.41) is 10.3. The molecule has 0 spiro atoms. The molecular weight excluding hydrogens is 352 g/mol. The Morgan fingerprint density at radius 2 is 2.15 bits per heavy atom. The highest BCUT2D eigenvalue weighted by Gasteiger charge is 2.21. The first-order chi connectivity index (χ1) is 12.6. The molecule has 8 heteroatoms. The highest BCUT2D eigenvalue weighted by molar-refractivity contribution is 8.00. The van der Waals surface area contributed by atoms with E-state index in [4.69, 9.17) is 4.74 Å². The highest BCUT2D eigenvalue weighted by atomic mass is 32.2. The summed E-state index contributed by atoms with van der Waals surface area (Å²) in [7, 11) is 1.82. The molecule has 0 unspecified atom stereocenters. The van der Waals surface area contributed by atoms with Gasteiger partial charge < -0.3 is 15.4 Å². The third-order valence-corrected chi connectivity index (χ3v) is 5.73. The van der Waals surface area contributed by atoms with Gasteiger partial charge in [0.15, 0.2) is 0 Å². The maximum absolute atomic E-state index is 12.6. The predicted molar refractivity (Wildman–Crippen MR) is 99.8 cm³/mol. The lowest BCUT2D eigenvalue weighted by atomic mass is 9.97. The molecule has 2 aromatic rings. The number of aryl methyl sites for hydroxylation is 1. The summed E-state index contributed by atoms with van der Waals surface area (Å²) in [6, 6.07) is 7.29. The van der Waals surface area contributed by atoms with E-state index >= 15 is 0 Å². The molecule has 0 aliphatic carbocycles. The van der Waals surface area contributed by atoms with Gasteiger partial charge in [-0.2, -0.15) is 5.10 Å². The molecule has 2 amide bonds. The molecule has 2 aliphatic heterocycles. The molecule has 26 heavy (non-hydrogen) atoms. The zero-order valence-corrected chi connectivity index (χ0v) is 15.3. The second kappa shape index (κ2) is 7.13. The van der Waals surface area contributed by atoms with E-state index in [1.54, 1.807) is 16.8 Å². The minimum absolute atomic E-state index is 0.0483. The van der Waals surface area contributed by atoms with Crippen molar-refractivity contribution in [3.8, 4) is 0 Å². The minimum Gasteiger partial charge on any atom is -0.381 e. The van der Waals surface area contributed by atoms with Crippen molar-refractivity contribution in [2.45, 2.75) is 23.7 Å². The molecular formula is C18H20N4O3S. The van der Waals surface area contributed by atoms with E-state index in [9.17, 15) is 9.59 Å². The number of rotatable bonds is 3. The Hall–Kier alpha value is -2.32. The monoisotopic (exact) mass is 372 g/mol. The van der Waals surface area contributed by atoms with Crippen LogP contribution in [-0.4, -0.2) is 40.6 Å². The van der Waals surface area contributed by atoms with Gasteiger partial charge in [-0.25, -0.2) is 0 Å². The fourth-order valence-corrected chi connectivity index (χ4v) is 4.00. The molecule has 2 aliphatic rings. The Bertz CT molecular complexity index is 858. The van der Waals surface area contributed by atoms with E-state index in [2.05, 4.69) is 15.7 Å². The molecule has 1 fully saturated rings. The van der Waals surface area contributed by atoms with Crippen LogP contribution in [0, 0.1) is 0 Å². The molecule has 3 heterocycles. The molecule has 136 valence electrons. The van der Waals surface area contributed by atoms with Crippen LogP contribution in [-0.2, 0) is 16.6 Å². The summed E-state index contributed by atoms with van der Waals surface area (Å²) >= 11 is 1.47. The SMILES string of the molecule is Cn1nc(C2CCOCC2)cc1NC(=O)c1ccc2c(c1)NC(=O)CS2. The summed E-state index contributed by atoms with van der Waals surface area (Å²) < 4.78 is 7.09. The largest absolute Gasteiger partial charge is 0.381 e. The number of anilines is 2. The smallest absolute Gasteiger partial charge is 0.256 e. The molecule has 1 aromatic heterocycles. The number of nitrogens with zero attached hydrogens (tertiary/aromatic N) is 2. The Kier molecular flexibility index (Phi) is 4.69. The van der Waals surface area contributed by atoms with Crippen LogP contribution in [0.4, 0.5) is 11.5 Å². The van der Waals surface area contributed by atoms with Crippen molar-refractivity contribution in [3.05, 3.63) is 35.5 Å². The van der Waals surface area contributed by atoms with Crippen molar-refractivity contribution in [1.29, 1.82) is 0 Å². The fourth-order valence-electron chi connectivity index (χ4n) is 3.21. The maximum atomic E-state index is 12.6. The number of thioether (sulfide) groups is 1. The van der Waals surface area contributed by atoms with Crippen LogP contribution in [0.15, 0.2) is 29.2 Å². The molecule has 0 atom stereocenters. The Morgan fingerprint density at radius 3 is 2.96 bits per heavy atom. The maximum Gasteiger partial charge on any atom is 0.256 e. The number of hydrogen-bond donors (Lipinski definition) is 2. The summed E-state index contributed by atoms with van der Waals surface area (Å²) in [6.45, 7) is 1.50. The first-order valence-electron chi connectivity index (χ1n) is 8.60. The standard InChI is InChI=1S/C18H20N4O3S/c1-22-16(9-13(21-22)11-4-6-25-7-5-11)20-18(24)12-2-3-15-14(8-12)19-17(23)10-26-15/h2-3,8-9,11H,4-7,10H2,1H3,(H,19,23)(H,20,24). The number of nitrogens with one attached hydrogen (secondary N) is 2. The van der Waals surface area contributed by atoms with E-state index in [0.29, 0.717) is 28.7 Å². The van der Waals surface area contributed by atoms with Crippen molar-refractivity contribution in [3.63, 3.8) is 0 Å². The Labute approximate surface area is 155 Å². The second-order valence-electron chi connectivity index (χ2n) is 6.47. The van der Waals surface area contributed by atoms with Gasteiger partial charge in [-0.1, -0.05) is 0 Å². The highest BCUT2D eigenvalue weighted by Crippen LogP contribution is 2.32. The van der Waals surface area contributed by atoms with Gasteiger partial charge in [0.25, 0.3) is 5.91 Å². The summed E-state index contributed by atoms with van der Waals surface area (Å²) in [5.41, 5.74) is 2.17. The number of carbonyl (C=O) groups excluding carboxylic acids is 2. The van der Waals surface area contributed by atoms with Crippen LogP contribution >= 0.6 is 11.8 Å². The molecule has 1 aromatic carbocycles. The normalized spacial score (nSPS) is 17.5. The Morgan fingerprint density at radius 1 is 1.35 bits per heavy atom. The number of hydrogen-bond acceptors (Lipinski definition) is 5. The van der Waals surface area contributed by atoms with Gasteiger partial charge in [-0.15, -0.1) is 11.8 Å². The lowest BCUT2D eigenvalue weighted by molar-refractivity contribution is -0.113. The van der Waals surface area contributed by atoms with E-state index in [0.717, 1.165) is 36.6 Å². The average Bonchev–Trinajstić information content (AvgIpc) is 3.02. The van der Waals surface area contributed by atoms with Crippen molar-refractivity contribution in [2.24, 2.45) is 7.05 Å². The van der Waals surface area contributed by atoms with Crippen molar-refractivity contribution in [2.75, 3.05) is 29.6 Å². The molecule has 0 bridgehead atoms. The third kappa shape index (κ3) is 3.47. The predicted octanol–water partition coefficient (Wildman–Crippen LogP) is 2.61. The fraction of sp³-hybridized carbons (Fsp3) is 0.389. The van der Waals surface area contributed by atoms with Gasteiger partial charge in [0.1, 0.15) is 5.82 Å². The molecule has 0 saturated carbocycles. The van der Waals surface area contributed by atoms with Gasteiger partial charge in [0, 0.05) is 42.7 Å². The zero-order valence-electron chi connectivity index (χ0n) is 14.4. The lowest BCUT2D eigenvalue weighted by Gasteiger charge is -2.19. The van der Waals surface area contributed by atoms with Crippen molar-refractivity contribution >= 4 is 35.1 Å². The summed E-state index contributed by atoms with van der Waals surface area (Å²) in [4.78, 5) is 25.1. The van der Waals surface area contributed by atoms with Gasteiger partial charge in [-0.05, 0) is 31.0 Å². The van der Waals surface area contributed by atoms with Crippen LogP contribution in [0.2, 0.25) is 0 Å². The third-order valence-electron chi connectivity index (χ3n) is 4.65. The average molecular weight is 372 g/mol. The lowest BCUT2D eigenvalue weighted by Crippen LogP contribution is -2.20. The first kappa shape index (κ1) is 17.1. The topological polar surface area (TPSA) is 85.2 Å². The first-order valence-corrected chi connectivity index (χ1v) is 9.58. The van der Waals surface area contributed by atoms with E-state index in [1.165, 1.54) is 11.8 Å². The van der Waals surface area contributed by atoms with Crippen LogP contribution < -0.4 is 10.6 Å². The van der Waals surface area contributed by atoms with Crippen LogP contribution in [0.1, 0.15) is 34.8 Å². The molecule has 2 N–H and O–H groups in total.